The lowest BCUT2D eigenvalue weighted by molar-refractivity contribution is -0.132. The average Bonchev–Trinajstić information content (AvgIpc) is 3.55. The minimum absolute atomic E-state index is 0.00329. The molecule has 1 unspecified atom stereocenters. The molecule has 1 amide bonds. The fourth-order valence-corrected chi connectivity index (χ4v) is 5.61. The van der Waals surface area contributed by atoms with Crippen molar-refractivity contribution in [2.45, 2.75) is 52.0 Å². The molecule has 2 heterocycles. The summed E-state index contributed by atoms with van der Waals surface area (Å²) in [4.78, 5) is 30.9. The summed E-state index contributed by atoms with van der Waals surface area (Å²) in [5, 5.41) is 21.9. The summed E-state index contributed by atoms with van der Waals surface area (Å²) in [6.45, 7) is 10.5. The van der Waals surface area contributed by atoms with Crippen LogP contribution in [0.4, 0.5) is 11.4 Å². The van der Waals surface area contributed by atoms with Gasteiger partial charge in [-0.25, -0.2) is 0 Å². The molecule has 5 rings (SSSR count). The maximum atomic E-state index is 13.6. The van der Waals surface area contributed by atoms with E-state index in [1.54, 1.807) is 24.3 Å². The second-order valence-corrected chi connectivity index (χ2v) is 11.4. The van der Waals surface area contributed by atoms with Crippen LogP contribution in [-0.4, -0.2) is 41.6 Å². The van der Waals surface area contributed by atoms with E-state index in [2.05, 4.69) is 4.90 Å². The first kappa shape index (κ1) is 27.3. The number of phenolic OH excluding ortho intramolecular Hbond substituents is 1. The SMILES string of the molecule is CCOc1ccc(/C(O)=C2/C(=O)C(=O)N(c3ccc(N4CCCC4)cc3)C2c2cccc(O)c2)cc1C(C)(C)C. The van der Waals surface area contributed by atoms with Gasteiger partial charge in [0.05, 0.1) is 18.2 Å². The van der Waals surface area contributed by atoms with Gasteiger partial charge in [0.2, 0.25) is 0 Å². The lowest BCUT2D eigenvalue weighted by Gasteiger charge is -2.27. The maximum Gasteiger partial charge on any atom is 0.300 e. The number of Topliss-reactive ketones (excluding diaryl/α,β-unsaturated/α-hetero) is 1. The number of aromatic hydroxyl groups is 1. The normalized spacial score (nSPS) is 18.9. The zero-order valence-electron chi connectivity index (χ0n) is 23.5. The van der Waals surface area contributed by atoms with Gasteiger partial charge in [0.25, 0.3) is 11.7 Å². The van der Waals surface area contributed by atoms with Crippen molar-refractivity contribution >= 4 is 28.8 Å². The van der Waals surface area contributed by atoms with Crippen LogP contribution in [0, 0.1) is 0 Å². The smallest absolute Gasteiger partial charge is 0.300 e. The van der Waals surface area contributed by atoms with Crippen LogP contribution in [-0.2, 0) is 15.0 Å². The summed E-state index contributed by atoms with van der Waals surface area (Å²) < 4.78 is 5.83. The van der Waals surface area contributed by atoms with Crippen LogP contribution >= 0.6 is 0 Å². The van der Waals surface area contributed by atoms with E-state index in [1.807, 2.05) is 58.0 Å². The van der Waals surface area contributed by atoms with Gasteiger partial charge in [0, 0.05) is 35.6 Å². The van der Waals surface area contributed by atoms with Crippen molar-refractivity contribution in [1.29, 1.82) is 0 Å². The molecule has 0 spiro atoms. The van der Waals surface area contributed by atoms with E-state index in [4.69, 9.17) is 4.74 Å². The predicted octanol–water partition coefficient (Wildman–Crippen LogP) is 6.31. The molecule has 2 N–H and O–H groups in total. The second-order valence-electron chi connectivity index (χ2n) is 11.4. The van der Waals surface area contributed by atoms with Gasteiger partial charge in [-0.05, 0) is 85.3 Å². The maximum absolute atomic E-state index is 13.6. The third-order valence-corrected chi connectivity index (χ3v) is 7.59. The fraction of sp³-hybridized carbons (Fsp3) is 0.333. The minimum atomic E-state index is -0.922. The van der Waals surface area contributed by atoms with Gasteiger partial charge in [0.15, 0.2) is 0 Å². The molecule has 2 aliphatic heterocycles. The molecule has 3 aromatic carbocycles. The number of ether oxygens (including phenoxy) is 1. The highest BCUT2D eigenvalue weighted by Crippen LogP contribution is 2.44. The van der Waals surface area contributed by atoms with E-state index < -0.39 is 17.7 Å². The number of phenols is 1. The number of ketones is 1. The number of carbonyl (C=O) groups excluding carboxylic acids is 2. The molecule has 3 aromatic rings. The van der Waals surface area contributed by atoms with Gasteiger partial charge in [-0.1, -0.05) is 32.9 Å². The average molecular weight is 541 g/mol. The van der Waals surface area contributed by atoms with E-state index in [-0.39, 0.29) is 22.5 Å². The lowest BCUT2D eigenvalue weighted by atomic mass is 9.84. The molecule has 0 radical (unpaired) electrons. The van der Waals surface area contributed by atoms with Crippen LogP contribution in [0.2, 0.25) is 0 Å². The van der Waals surface area contributed by atoms with Gasteiger partial charge in [-0.15, -0.1) is 0 Å². The summed E-state index contributed by atoms with van der Waals surface area (Å²) in [6.07, 6.45) is 2.30. The van der Waals surface area contributed by atoms with Gasteiger partial charge in [0.1, 0.15) is 17.3 Å². The second kappa shape index (κ2) is 10.7. The number of aliphatic hydroxyl groups is 1. The van der Waals surface area contributed by atoms with E-state index in [0.717, 1.165) is 37.2 Å². The Bertz CT molecular complexity index is 1460. The summed E-state index contributed by atoms with van der Waals surface area (Å²) in [5.41, 5.74) is 3.10. The Kier molecular flexibility index (Phi) is 7.32. The molecule has 0 bridgehead atoms. The van der Waals surface area contributed by atoms with Gasteiger partial charge in [-0.2, -0.15) is 0 Å². The molecule has 7 nitrogen and oxygen atoms in total. The van der Waals surface area contributed by atoms with E-state index >= 15 is 0 Å². The lowest BCUT2D eigenvalue weighted by Crippen LogP contribution is -2.29. The number of aliphatic hydroxyl groups excluding tert-OH is 1. The molecule has 2 saturated heterocycles. The first-order valence-electron chi connectivity index (χ1n) is 13.8. The Hall–Kier alpha value is -4.26. The van der Waals surface area contributed by atoms with E-state index in [1.165, 1.54) is 17.0 Å². The topological polar surface area (TPSA) is 90.3 Å². The molecule has 7 heteroatoms. The Labute approximate surface area is 235 Å². The van der Waals surface area contributed by atoms with Crippen LogP contribution in [0.3, 0.4) is 0 Å². The van der Waals surface area contributed by atoms with Crippen molar-refractivity contribution in [1.82, 2.24) is 0 Å². The van der Waals surface area contributed by atoms with Crippen molar-refractivity contribution in [3.8, 4) is 11.5 Å². The largest absolute Gasteiger partial charge is 0.508 e. The molecular weight excluding hydrogens is 504 g/mol. The summed E-state index contributed by atoms with van der Waals surface area (Å²) >= 11 is 0. The van der Waals surface area contributed by atoms with Crippen molar-refractivity contribution in [2.75, 3.05) is 29.5 Å². The van der Waals surface area contributed by atoms with Gasteiger partial charge in [-0.3, -0.25) is 14.5 Å². The van der Waals surface area contributed by atoms with Crippen LogP contribution in [0.25, 0.3) is 5.76 Å². The van der Waals surface area contributed by atoms with Crippen LogP contribution in [0.1, 0.15) is 63.3 Å². The summed E-state index contributed by atoms with van der Waals surface area (Å²) in [6, 6.07) is 18.4. The highest BCUT2D eigenvalue weighted by atomic mass is 16.5. The van der Waals surface area contributed by atoms with Crippen LogP contribution < -0.4 is 14.5 Å². The molecule has 208 valence electrons. The van der Waals surface area contributed by atoms with E-state index in [9.17, 15) is 19.8 Å². The molecular formula is C33H36N2O5. The zero-order valence-corrected chi connectivity index (χ0v) is 23.5. The number of rotatable bonds is 6. The molecule has 40 heavy (non-hydrogen) atoms. The van der Waals surface area contributed by atoms with Crippen molar-refractivity contribution in [3.63, 3.8) is 0 Å². The van der Waals surface area contributed by atoms with Crippen LogP contribution in [0.5, 0.6) is 11.5 Å². The molecule has 0 aromatic heterocycles. The van der Waals surface area contributed by atoms with E-state index in [0.29, 0.717) is 29.2 Å². The third-order valence-electron chi connectivity index (χ3n) is 7.59. The Morgan fingerprint density at radius 2 is 1.62 bits per heavy atom. The number of anilines is 2. The Morgan fingerprint density at radius 3 is 2.25 bits per heavy atom. The zero-order chi connectivity index (χ0) is 28.6. The first-order valence-corrected chi connectivity index (χ1v) is 13.8. The highest BCUT2D eigenvalue weighted by Gasteiger charge is 2.47. The Balaban J connectivity index is 1.65. The van der Waals surface area contributed by atoms with Gasteiger partial charge >= 0.3 is 0 Å². The molecule has 1 atom stereocenters. The highest BCUT2D eigenvalue weighted by molar-refractivity contribution is 6.51. The molecule has 0 aliphatic carbocycles. The summed E-state index contributed by atoms with van der Waals surface area (Å²) in [5.74, 6) is -1.07. The quantitative estimate of drug-likeness (QED) is 0.216. The standard InChI is InChI=1S/C33H36N2O5/c1-5-40-27-16-11-22(20-26(27)33(2,3)4)30(37)28-29(21-9-8-10-25(36)19-21)35(32(39)31(28)38)24-14-12-23(13-15-24)34-17-6-7-18-34/h8-16,19-20,29,36-37H,5-7,17-18H2,1-4H3/b30-28-. The number of hydrogen-bond donors (Lipinski definition) is 2. The summed E-state index contributed by atoms with van der Waals surface area (Å²) in [7, 11) is 0. The molecule has 2 fully saturated rings. The predicted molar refractivity (Wildman–Crippen MR) is 157 cm³/mol. The number of hydrogen-bond acceptors (Lipinski definition) is 6. The minimum Gasteiger partial charge on any atom is -0.508 e. The Morgan fingerprint density at radius 1 is 0.950 bits per heavy atom. The van der Waals surface area contributed by atoms with Crippen molar-refractivity contribution in [3.05, 3.63) is 89.0 Å². The fourth-order valence-electron chi connectivity index (χ4n) is 5.61. The monoisotopic (exact) mass is 540 g/mol. The molecule has 0 saturated carbocycles. The molecule has 2 aliphatic rings. The number of carbonyl (C=O) groups is 2. The van der Waals surface area contributed by atoms with Crippen LogP contribution in [0.15, 0.2) is 72.3 Å². The number of amides is 1. The van der Waals surface area contributed by atoms with Gasteiger partial charge < -0.3 is 19.8 Å². The number of benzene rings is 3. The van der Waals surface area contributed by atoms with Crippen molar-refractivity contribution in [2.24, 2.45) is 0 Å². The number of nitrogens with zero attached hydrogens (tertiary/aromatic N) is 2. The first-order chi connectivity index (χ1) is 19.1. The van der Waals surface area contributed by atoms with Crippen molar-refractivity contribution < 1.29 is 24.5 Å². The third kappa shape index (κ3) is 5.04.